The molecule has 0 aliphatic heterocycles. The Balaban J connectivity index is 0.000000200. The first-order chi connectivity index (χ1) is 42.2. The second kappa shape index (κ2) is 30.1. The molecule has 23 nitrogen and oxygen atoms in total. The van der Waals surface area contributed by atoms with Crippen LogP contribution in [-0.2, 0) is 23.9 Å². The summed E-state index contributed by atoms with van der Waals surface area (Å²) < 4.78 is 26.2. The van der Waals surface area contributed by atoms with Crippen LogP contribution < -0.4 is 38.3 Å². The molecule has 9 rings (SSSR count). The Bertz CT molecular complexity index is 4420. The molecule has 468 valence electrons. The zero-order valence-corrected chi connectivity index (χ0v) is 52.1. The number of aliphatic carboxylic acids is 1. The van der Waals surface area contributed by atoms with Gasteiger partial charge in [0.15, 0.2) is 16.7 Å². The van der Waals surface area contributed by atoms with Gasteiger partial charge in [0.1, 0.15) is 64.8 Å². The molecule has 3 amide bonds. The van der Waals surface area contributed by atoms with E-state index in [0.717, 1.165) is 5.56 Å². The number of benzene rings is 6. The summed E-state index contributed by atoms with van der Waals surface area (Å²) in [7, 11) is -1.48. The molecule has 0 spiro atoms. The predicted molar refractivity (Wildman–Crippen MR) is 339 cm³/mol. The average Bonchev–Trinajstić information content (AvgIpc) is 0.805. The van der Waals surface area contributed by atoms with Crippen molar-refractivity contribution in [1.82, 2.24) is 16.0 Å². The standard InChI is InChI=1S/C22H20ClNO6.C18H12ClNO6.C16H16BrNO6.C6H6BClO2/c1-22(2,3)30-17(25)11-24-20(27)18-19(26)14-9-8-12(10-16(14)29-21(18)28)13-6-4-5-7-15(13)23;19-12-4-2-1-3-10(12)9-5-6-11-13(7-9)26-18(25)15(16(11)23)17(24)20-8-14(21)22;1-16(2,3)24-11(19)7-18-14(21)12-13(20)9-5-4-8(17)6-10(9)23-15(12)22;8-6-4-2-1-3-5(6)7(9)10/h4-10,26H,11H2,1-3H3,(H,24,27);1-7,23H,8H2,(H,20,24)(H,21,22);4-6,20H,7H2,1-3H3,(H,18,21);1-4,9-10H. The van der Waals surface area contributed by atoms with Crippen molar-refractivity contribution in [2.45, 2.75) is 52.7 Å². The van der Waals surface area contributed by atoms with Crippen molar-refractivity contribution >= 4 is 132 Å². The van der Waals surface area contributed by atoms with Crippen LogP contribution in [0.3, 0.4) is 0 Å². The molecule has 0 unspecified atom stereocenters. The van der Waals surface area contributed by atoms with E-state index in [0.29, 0.717) is 41.7 Å². The van der Waals surface area contributed by atoms with Gasteiger partial charge in [0.25, 0.3) is 17.7 Å². The quantitative estimate of drug-likeness (QED) is 0.0313. The van der Waals surface area contributed by atoms with E-state index in [4.69, 9.17) is 72.7 Å². The highest BCUT2D eigenvalue weighted by atomic mass is 79.9. The van der Waals surface area contributed by atoms with E-state index >= 15 is 0 Å². The van der Waals surface area contributed by atoms with E-state index in [-0.39, 0.29) is 32.9 Å². The lowest BCUT2D eigenvalue weighted by atomic mass is 9.80. The van der Waals surface area contributed by atoms with E-state index < -0.39 is 124 Å². The van der Waals surface area contributed by atoms with Crippen LogP contribution in [0, 0.1) is 0 Å². The van der Waals surface area contributed by atoms with Gasteiger partial charge in [-0.2, -0.15) is 0 Å². The zero-order chi connectivity index (χ0) is 66.5. The first-order valence-corrected chi connectivity index (χ1v) is 28.3. The van der Waals surface area contributed by atoms with Crippen molar-refractivity contribution in [1.29, 1.82) is 0 Å². The molecule has 0 aliphatic carbocycles. The number of carboxylic acid groups (broad SMARTS) is 1. The third-order valence-corrected chi connectivity index (χ3v) is 13.4. The lowest BCUT2D eigenvalue weighted by Gasteiger charge is -2.19. The minimum Gasteiger partial charge on any atom is -0.506 e. The van der Waals surface area contributed by atoms with Gasteiger partial charge in [-0.3, -0.25) is 28.8 Å². The van der Waals surface area contributed by atoms with E-state index in [2.05, 4.69) is 26.6 Å². The van der Waals surface area contributed by atoms with Crippen LogP contribution in [0.1, 0.15) is 72.6 Å². The molecule has 0 atom stereocenters. The highest BCUT2D eigenvalue weighted by Crippen LogP contribution is 2.35. The topological polar surface area (TPSA) is 369 Å². The first kappa shape index (κ1) is 69.6. The van der Waals surface area contributed by atoms with Crippen molar-refractivity contribution < 1.29 is 82.0 Å². The summed E-state index contributed by atoms with van der Waals surface area (Å²) in [4.78, 5) is 107. The molecule has 3 heterocycles. The monoisotopic (exact) mass is 1360 g/mol. The van der Waals surface area contributed by atoms with Crippen LogP contribution in [0.25, 0.3) is 55.2 Å². The number of hydrogen-bond acceptors (Lipinski definition) is 19. The van der Waals surface area contributed by atoms with Gasteiger partial charge in [0.05, 0.1) is 16.2 Å². The second-order valence-corrected chi connectivity index (χ2v) is 23.0. The molecule has 9 aromatic rings. The molecule has 9 N–H and O–H groups in total. The van der Waals surface area contributed by atoms with Crippen molar-refractivity contribution in [3.63, 3.8) is 0 Å². The van der Waals surface area contributed by atoms with Gasteiger partial charge >= 0.3 is 41.9 Å². The lowest BCUT2D eigenvalue weighted by molar-refractivity contribution is -0.154. The summed E-state index contributed by atoms with van der Waals surface area (Å²) in [6.45, 7) is 8.54. The van der Waals surface area contributed by atoms with Crippen molar-refractivity contribution in [3.05, 3.63) is 195 Å². The summed E-state index contributed by atoms with van der Waals surface area (Å²) in [6, 6.07) is 34.9. The van der Waals surface area contributed by atoms with Crippen LogP contribution >= 0.6 is 50.7 Å². The number of nitrogens with one attached hydrogen (secondary N) is 3. The van der Waals surface area contributed by atoms with E-state index in [1.54, 1.807) is 133 Å². The Kier molecular flexibility index (Phi) is 23.3. The number of aromatic hydroxyl groups is 3. The van der Waals surface area contributed by atoms with Crippen molar-refractivity contribution in [2.24, 2.45) is 0 Å². The summed E-state index contributed by atoms with van der Waals surface area (Å²) in [5, 5.41) is 65.4. The van der Waals surface area contributed by atoms with Crippen molar-refractivity contribution in [3.8, 4) is 39.5 Å². The van der Waals surface area contributed by atoms with Crippen LogP contribution in [0.15, 0.2) is 160 Å². The number of ether oxygens (including phenoxy) is 2. The van der Waals surface area contributed by atoms with Gasteiger partial charge in [-0.05, 0) is 113 Å². The van der Waals surface area contributed by atoms with Crippen molar-refractivity contribution in [2.75, 3.05) is 19.6 Å². The summed E-state index contributed by atoms with van der Waals surface area (Å²) in [5.41, 5.74) is -2.90. The number of hydrogen-bond donors (Lipinski definition) is 9. The Labute approximate surface area is 533 Å². The van der Waals surface area contributed by atoms with Gasteiger partial charge in [-0.1, -0.05) is 117 Å². The largest absolute Gasteiger partial charge is 0.506 e. The van der Waals surface area contributed by atoms with Crippen LogP contribution in [-0.4, -0.2) is 104 Å². The maximum Gasteiger partial charge on any atom is 0.489 e. The third kappa shape index (κ3) is 18.5. The van der Waals surface area contributed by atoms with Crippen LogP contribution in [0.2, 0.25) is 15.1 Å². The van der Waals surface area contributed by atoms with Gasteiger partial charge in [-0.25, -0.2) is 14.4 Å². The maximum atomic E-state index is 12.4. The molecule has 0 saturated heterocycles. The Morgan fingerprint density at radius 3 is 1.16 bits per heavy atom. The smallest absolute Gasteiger partial charge is 0.489 e. The number of fused-ring (bicyclic) bond motifs is 3. The predicted octanol–water partition coefficient (Wildman–Crippen LogP) is 8.88. The van der Waals surface area contributed by atoms with Gasteiger partial charge < -0.3 is 69.1 Å². The SMILES string of the molecule is CC(C)(C)OC(=O)CNC(=O)c1c(O)c2ccc(-c3ccccc3Cl)cc2oc1=O.CC(C)(C)OC(=O)CNC(=O)c1c(O)c2ccc(Br)cc2oc1=O.O=C(O)CNC(=O)c1c(O)c2ccc(-c3ccccc3Cl)cc2oc1=O.OB(O)c1ccccc1Cl. The molecule has 90 heavy (non-hydrogen) atoms. The third-order valence-electron chi connectivity index (χ3n) is 11.9. The Morgan fingerprint density at radius 1 is 0.489 bits per heavy atom. The lowest BCUT2D eigenvalue weighted by Crippen LogP contribution is -2.36. The first-order valence-electron chi connectivity index (χ1n) is 26.4. The Morgan fingerprint density at radius 2 is 0.822 bits per heavy atom. The highest BCUT2D eigenvalue weighted by molar-refractivity contribution is 9.10. The van der Waals surface area contributed by atoms with Gasteiger partial charge in [0, 0.05) is 36.1 Å². The second-order valence-electron chi connectivity index (χ2n) is 20.9. The molecule has 0 saturated carbocycles. The number of carbonyl (C=O) groups excluding carboxylic acids is 5. The van der Waals surface area contributed by atoms with Gasteiger partial charge in [0.2, 0.25) is 0 Å². The average molecular weight is 1360 g/mol. The van der Waals surface area contributed by atoms with E-state index in [1.807, 2.05) is 11.4 Å². The molecule has 0 fully saturated rings. The summed E-state index contributed by atoms with van der Waals surface area (Å²) in [5.74, 6) is -7.13. The fourth-order valence-corrected chi connectivity index (χ4v) is 9.08. The minimum absolute atomic E-state index is 0.0692. The summed E-state index contributed by atoms with van der Waals surface area (Å²) >= 11 is 21.2. The molecule has 0 aliphatic rings. The number of esters is 2. The molecule has 28 heteroatoms. The normalized spacial score (nSPS) is 10.9. The zero-order valence-electron chi connectivity index (χ0n) is 48.2. The number of carboxylic acids is 1. The number of halogens is 4. The molecule has 3 aromatic heterocycles. The molecule has 0 bridgehead atoms. The van der Waals surface area contributed by atoms with Crippen LogP contribution in [0.4, 0.5) is 0 Å². The highest BCUT2D eigenvalue weighted by Gasteiger charge is 2.27. The number of amides is 3. The fourth-order valence-electron chi connectivity index (χ4n) is 8.02. The minimum atomic E-state index is -1.48. The van der Waals surface area contributed by atoms with Gasteiger partial charge in [-0.15, -0.1) is 0 Å². The fraction of sp³-hybridized carbons (Fsp3) is 0.177. The van der Waals surface area contributed by atoms with Crippen LogP contribution in [0.5, 0.6) is 17.2 Å². The molecule has 6 aromatic carbocycles. The molecule has 0 radical (unpaired) electrons. The maximum absolute atomic E-state index is 12.4. The number of carbonyl (C=O) groups is 6. The summed E-state index contributed by atoms with van der Waals surface area (Å²) in [6.07, 6.45) is 0. The number of rotatable bonds is 12. The van der Waals surface area contributed by atoms with E-state index in [9.17, 15) is 58.5 Å². The molecular formula is C62H54BBrCl3N3O20. The van der Waals surface area contributed by atoms with E-state index in [1.165, 1.54) is 30.3 Å². The Hall–Kier alpha value is -9.50. The molecular weight excluding hydrogens is 1300 g/mol.